The van der Waals surface area contributed by atoms with Gasteiger partial charge in [0, 0.05) is 0 Å². The van der Waals surface area contributed by atoms with Gasteiger partial charge in [0.05, 0.1) is 5.56 Å². The van der Waals surface area contributed by atoms with Crippen molar-refractivity contribution in [3.05, 3.63) is 95.6 Å². The lowest BCUT2D eigenvalue weighted by atomic mass is 10.0. The predicted octanol–water partition coefficient (Wildman–Crippen LogP) is 5.58. The monoisotopic (exact) mass is 316 g/mol. The Morgan fingerprint density at radius 1 is 0.833 bits per heavy atom. The third kappa shape index (κ3) is 3.72. The lowest BCUT2D eigenvalue weighted by Crippen LogP contribution is -2.09. The Morgan fingerprint density at radius 3 is 2.17 bits per heavy atom. The molecule has 24 heavy (non-hydrogen) atoms. The lowest BCUT2D eigenvalue weighted by molar-refractivity contribution is 0.0338. The van der Waals surface area contributed by atoms with E-state index < -0.39 is 0 Å². The van der Waals surface area contributed by atoms with Crippen molar-refractivity contribution in [3.8, 4) is 11.1 Å². The number of rotatable bonds is 4. The highest BCUT2D eigenvalue weighted by atomic mass is 16.5. The number of ether oxygens (including phenoxy) is 1. The molecule has 0 aliphatic carbocycles. The summed E-state index contributed by atoms with van der Waals surface area (Å²) in [6.07, 6.45) is -0.289. The van der Waals surface area contributed by atoms with E-state index in [1.54, 1.807) is 6.07 Å². The summed E-state index contributed by atoms with van der Waals surface area (Å²) in [5.41, 5.74) is 4.94. The highest BCUT2D eigenvalue weighted by Gasteiger charge is 2.13. The molecule has 1 unspecified atom stereocenters. The summed E-state index contributed by atoms with van der Waals surface area (Å²) in [5, 5.41) is 0. The van der Waals surface area contributed by atoms with E-state index in [0.717, 1.165) is 16.7 Å². The van der Waals surface area contributed by atoms with Crippen molar-refractivity contribution < 1.29 is 9.53 Å². The molecule has 3 rings (SSSR count). The minimum atomic E-state index is -0.293. The summed E-state index contributed by atoms with van der Waals surface area (Å²) < 4.78 is 5.58. The van der Waals surface area contributed by atoms with E-state index in [-0.39, 0.29) is 12.1 Å². The molecule has 0 spiro atoms. The van der Waals surface area contributed by atoms with Crippen LogP contribution in [0.5, 0.6) is 0 Å². The highest BCUT2D eigenvalue weighted by Crippen LogP contribution is 2.24. The number of carbonyl (C=O) groups excluding carboxylic acids is 1. The fraction of sp³-hybridized carbons (Fsp3) is 0.136. The van der Waals surface area contributed by atoms with Crippen molar-refractivity contribution in [1.29, 1.82) is 0 Å². The third-order valence-corrected chi connectivity index (χ3v) is 4.02. The molecule has 3 aromatic carbocycles. The largest absolute Gasteiger partial charge is 0.454 e. The van der Waals surface area contributed by atoms with E-state index in [2.05, 4.69) is 24.3 Å². The zero-order valence-corrected chi connectivity index (χ0v) is 13.9. The molecule has 0 amide bonds. The topological polar surface area (TPSA) is 26.3 Å². The van der Waals surface area contributed by atoms with Crippen LogP contribution in [0.1, 0.15) is 34.5 Å². The van der Waals surface area contributed by atoms with Gasteiger partial charge in [0.25, 0.3) is 0 Å². The van der Waals surface area contributed by atoms with Gasteiger partial charge in [0.2, 0.25) is 0 Å². The van der Waals surface area contributed by atoms with Gasteiger partial charge in [-0.2, -0.15) is 0 Å². The van der Waals surface area contributed by atoms with Gasteiger partial charge in [0.15, 0.2) is 0 Å². The Balaban J connectivity index is 1.71. The van der Waals surface area contributed by atoms with E-state index in [1.807, 2.05) is 62.4 Å². The molecule has 3 aromatic rings. The van der Waals surface area contributed by atoms with Crippen LogP contribution in [0.15, 0.2) is 78.9 Å². The summed E-state index contributed by atoms with van der Waals surface area (Å²) in [7, 11) is 0. The summed E-state index contributed by atoms with van der Waals surface area (Å²) in [4.78, 5) is 12.2. The summed E-state index contributed by atoms with van der Waals surface area (Å²) in [6, 6.07) is 25.8. The standard InChI is InChI=1S/C22H20O2/c1-16-7-6-10-21(15-16)22(23)24-17(2)18-11-13-20(14-12-18)19-8-4-3-5-9-19/h3-15,17H,1-2H3. The van der Waals surface area contributed by atoms with Gasteiger partial charge in [-0.15, -0.1) is 0 Å². The van der Waals surface area contributed by atoms with Crippen LogP contribution in [0.4, 0.5) is 0 Å². The maximum absolute atomic E-state index is 12.2. The molecule has 0 radical (unpaired) electrons. The number of hydrogen-bond acceptors (Lipinski definition) is 2. The quantitative estimate of drug-likeness (QED) is 0.587. The smallest absolute Gasteiger partial charge is 0.338 e. The average molecular weight is 316 g/mol. The van der Waals surface area contributed by atoms with Crippen LogP contribution in [0.3, 0.4) is 0 Å². The van der Waals surface area contributed by atoms with E-state index in [1.165, 1.54) is 5.56 Å². The van der Waals surface area contributed by atoms with Crippen molar-refractivity contribution in [2.45, 2.75) is 20.0 Å². The second kappa shape index (κ2) is 7.14. The molecule has 120 valence electrons. The minimum absolute atomic E-state index is 0.289. The van der Waals surface area contributed by atoms with Crippen molar-refractivity contribution in [2.75, 3.05) is 0 Å². The lowest BCUT2D eigenvalue weighted by Gasteiger charge is -2.14. The van der Waals surface area contributed by atoms with Crippen LogP contribution in [0, 0.1) is 6.92 Å². The summed E-state index contributed by atoms with van der Waals surface area (Å²) in [6.45, 7) is 3.85. The molecule has 0 heterocycles. The van der Waals surface area contributed by atoms with E-state index >= 15 is 0 Å². The Morgan fingerprint density at radius 2 is 1.50 bits per heavy atom. The van der Waals surface area contributed by atoms with Gasteiger partial charge in [-0.3, -0.25) is 0 Å². The molecule has 0 bridgehead atoms. The third-order valence-electron chi connectivity index (χ3n) is 4.02. The van der Waals surface area contributed by atoms with Crippen LogP contribution in [0.2, 0.25) is 0 Å². The molecule has 0 fully saturated rings. The zero-order chi connectivity index (χ0) is 16.9. The molecule has 0 N–H and O–H groups in total. The fourth-order valence-electron chi connectivity index (χ4n) is 2.65. The molecular formula is C22H20O2. The maximum atomic E-state index is 12.2. The molecule has 0 saturated carbocycles. The van der Waals surface area contributed by atoms with Crippen molar-refractivity contribution in [1.82, 2.24) is 0 Å². The Kier molecular flexibility index (Phi) is 4.76. The highest BCUT2D eigenvalue weighted by molar-refractivity contribution is 5.89. The first-order valence-corrected chi connectivity index (χ1v) is 8.06. The van der Waals surface area contributed by atoms with E-state index in [4.69, 9.17) is 4.74 Å². The molecule has 0 aliphatic heterocycles. The maximum Gasteiger partial charge on any atom is 0.338 e. The normalized spacial score (nSPS) is 11.8. The minimum Gasteiger partial charge on any atom is -0.454 e. The molecule has 0 aromatic heterocycles. The Bertz CT molecular complexity index is 820. The van der Waals surface area contributed by atoms with Gasteiger partial charge < -0.3 is 4.74 Å². The number of aryl methyl sites for hydroxylation is 1. The first-order chi connectivity index (χ1) is 11.6. The fourth-order valence-corrected chi connectivity index (χ4v) is 2.65. The summed E-state index contributed by atoms with van der Waals surface area (Å²) in [5.74, 6) is -0.293. The SMILES string of the molecule is Cc1cccc(C(=O)OC(C)c2ccc(-c3ccccc3)cc2)c1. The zero-order valence-electron chi connectivity index (χ0n) is 13.9. The van der Waals surface area contributed by atoms with Crippen LogP contribution in [-0.4, -0.2) is 5.97 Å². The molecular weight excluding hydrogens is 296 g/mol. The van der Waals surface area contributed by atoms with Crippen LogP contribution < -0.4 is 0 Å². The second-order valence-electron chi connectivity index (χ2n) is 5.91. The van der Waals surface area contributed by atoms with Crippen LogP contribution in [-0.2, 0) is 4.74 Å². The van der Waals surface area contributed by atoms with Gasteiger partial charge in [-0.25, -0.2) is 4.79 Å². The average Bonchev–Trinajstić information content (AvgIpc) is 2.62. The van der Waals surface area contributed by atoms with Crippen molar-refractivity contribution in [2.24, 2.45) is 0 Å². The van der Waals surface area contributed by atoms with Crippen molar-refractivity contribution in [3.63, 3.8) is 0 Å². The molecule has 2 nitrogen and oxygen atoms in total. The van der Waals surface area contributed by atoms with Gasteiger partial charge in [0.1, 0.15) is 6.10 Å². The second-order valence-corrected chi connectivity index (χ2v) is 5.91. The van der Waals surface area contributed by atoms with Gasteiger partial charge in [-0.05, 0) is 42.7 Å². The van der Waals surface area contributed by atoms with E-state index in [0.29, 0.717) is 5.56 Å². The predicted molar refractivity (Wildman–Crippen MR) is 96.9 cm³/mol. The molecule has 0 saturated heterocycles. The number of hydrogen-bond donors (Lipinski definition) is 0. The Labute approximate surface area is 142 Å². The summed E-state index contributed by atoms with van der Waals surface area (Å²) >= 11 is 0. The number of carbonyl (C=O) groups is 1. The van der Waals surface area contributed by atoms with Crippen LogP contribution >= 0.6 is 0 Å². The Hall–Kier alpha value is -2.87. The first kappa shape index (κ1) is 16.0. The van der Waals surface area contributed by atoms with Crippen molar-refractivity contribution >= 4 is 5.97 Å². The molecule has 1 atom stereocenters. The number of benzene rings is 3. The number of esters is 1. The van der Waals surface area contributed by atoms with Crippen LogP contribution in [0.25, 0.3) is 11.1 Å². The van der Waals surface area contributed by atoms with Gasteiger partial charge in [-0.1, -0.05) is 72.3 Å². The first-order valence-electron chi connectivity index (χ1n) is 8.06. The van der Waals surface area contributed by atoms with Gasteiger partial charge >= 0.3 is 5.97 Å². The van der Waals surface area contributed by atoms with E-state index in [9.17, 15) is 4.79 Å². The molecule has 0 aliphatic rings. The molecule has 2 heteroatoms.